The first-order chi connectivity index (χ1) is 18.3. The van der Waals surface area contributed by atoms with Crippen molar-refractivity contribution in [2.75, 3.05) is 26.2 Å². The lowest BCUT2D eigenvalue weighted by atomic mass is 9.80. The molecule has 2 amide bonds. The third-order valence-corrected chi connectivity index (χ3v) is 8.99. The van der Waals surface area contributed by atoms with Crippen LogP contribution < -0.4 is 5.32 Å². The monoisotopic (exact) mass is 522 g/mol. The molecule has 0 radical (unpaired) electrons. The normalized spacial score (nSPS) is 27.7. The SMILES string of the molecule is CC(C)N1CCC(c2ccc(C(=O)NC3(C(=O)N4C[C@@H](N=[N+]=[N-])[C@H]5OCC(=O)[C@H]54)CCCCC3)cc2)CC1. The Hall–Kier alpha value is -2.94. The number of azide groups is 1. The molecule has 4 aliphatic rings. The molecule has 38 heavy (non-hydrogen) atoms. The lowest BCUT2D eigenvalue weighted by molar-refractivity contribution is -0.143. The van der Waals surface area contributed by atoms with Crippen molar-refractivity contribution in [2.45, 2.75) is 94.5 Å². The lowest BCUT2D eigenvalue weighted by Crippen LogP contribution is -2.62. The summed E-state index contributed by atoms with van der Waals surface area (Å²) in [5.74, 6) is -0.251. The van der Waals surface area contributed by atoms with Crippen molar-refractivity contribution in [1.82, 2.24) is 15.1 Å². The van der Waals surface area contributed by atoms with E-state index in [0.717, 1.165) is 45.2 Å². The second-order valence-corrected chi connectivity index (χ2v) is 11.5. The van der Waals surface area contributed by atoms with E-state index in [0.29, 0.717) is 30.4 Å². The van der Waals surface area contributed by atoms with Gasteiger partial charge in [-0.05, 0) is 81.8 Å². The van der Waals surface area contributed by atoms with Crippen LogP contribution in [-0.2, 0) is 14.3 Å². The third-order valence-electron chi connectivity index (χ3n) is 8.99. The van der Waals surface area contributed by atoms with Gasteiger partial charge in [-0.3, -0.25) is 14.4 Å². The number of carbonyl (C=O) groups is 3. The number of fused-ring (bicyclic) bond motifs is 1. The Morgan fingerprint density at radius 2 is 1.82 bits per heavy atom. The number of nitrogens with zero attached hydrogens (tertiary/aromatic N) is 5. The maximum atomic E-state index is 14.0. The summed E-state index contributed by atoms with van der Waals surface area (Å²) in [6.07, 6.45) is 5.23. The second kappa shape index (κ2) is 11.0. The number of Topliss-reactive ketones (excluding diaryl/α,β-unsaturated/α-hetero) is 1. The summed E-state index contributed by atoms with van der Waals surface area (Å²) >= 11 is 0. The minimum atomic E-state index is -1.09. The van der Waals surface area contributed by atoms with E-state index in [1.165, 1.54) is 10.5 Å². The van der Waals surface area contributed by atoms with Gasteiger partial charge in [0.25, 0.3) is 5.91 Å². The highest BCUT2D eigenvalue weighted by Crippen LogP contribution is 2.36. The summed E-state index contributed by atoms with van der Waals surface area (Å²) < 4.78 is 5.59. The van der Waals surface area contributed by atoms with Crippen molar-refractivity contribution in [2.24, 2.45) is 5.11 Å². The average molecular weight is 523 g/mol. The van der Waals surface area contributed by atoms with Crippen LogP contribution in [0.15, 0.2) is 29.4 Å². The average Bonchev–Trinajstić information content (AvgIpc) is 3.49. The number of benzene rings is 1. The molecule has 4 fully saturated rings. The molecule has 3 aliphatic heterocycles. The van der Waals surface area contributed by atoms with Crippen LogP contribution in [0.1, 0.15) is 80.6 Å². The molecule has 3 atom stereocenters. The van der Waals surface area contributed by atoms with Gasteiger partial charge in [-0.25, -0.2) is 0 Å². The van der Waals surface area contributed by atoms with E-state index in [1.807, 2.05) is 24.3 Å². The fourth-order valence-corrected chi connectivity index (χ4v) is 6.78. The fraction of sp³-hybridized carbons (Fsp3) is 0.679. The lowest BCUT2D eigenvalue weighted by Gasteiger charge is -2.40. The van der Waals surface area contributed by atoms with E-state index >= 15 is 0 Å². The highest BCUT2D eigenvalue weighted by Gasteiger charge is 2.56. The molecule has 3 saturated heterocycles. The van der Waals surface area contributed by atoms with Crippen LogP contribution >= 0.6 is 0 Å². The molecule has 204 valence electrons. The van der Waals surface area contributed by atoms with Crippen LogP contribution in [-0.4, -0.2) is 83.4 Å². The van der Waals surface area contributed by atoms with Gasteiger partial charge in [0.2, 0.25) is 5.91 Å². The number of likely N-dealkylation sites (tertiary alicyclic amines) is 2. The molecule has 10 heteroatoms. The van der Waals surface area contributed by atoms with E-state index in [-0.39, 0.29) is 30.7 Å². The number of carbonyl (C=O) groups excluding carboxylic acids is 3. The molecule has 0 bridgehead atoms. The minimum Gasteiger partial charge on any atom is -0.367 e. The Kier molecular flexibility index (Phi) is 7.75. The van der Waals surface area contributed by atoms with Crippen LogP contribution in [0, 0.1) is 0 Å². The maximum absolute atomic E-state index is 14.0. The van der Waals surface area contributed by atoms with Gasteiger partial charge in [0.15, 0.2) is 5.78 Å². The summed E-state index contributed by atoms with van der Waals surface area (Å²) in [6, 6.07) is 6.99. The van der Waals surface area contributed by atoms with E-state index in [1.54, 1.807) is 0 Å². The van der Waals surface area contributed by atoms with Crippen LogP contribution in [0.25, 0.3) is 10.4 Å². The molecule has 0 aromatic heterocycles. The molecule has 0 spiro atoms. The van der Waals surface area contributed by atoms with Gasteiger partial charge in [0, 0.05) is 23.1 Å². The molecule has 3 heterocycles. The number of hydrogen-bond donors (Lipinski definition) is 1. The van der Waals surface area contributed by atoms with Gasteiger partial charge in [-0.15, -0.1) is 0 Å². The highest BCUT2D eigenvalue weighted by atomic mass is 16.5. The van der Waals surface area contributed by atoms with Crippen molar-refractivity contribution < 1.29 is 19.1 Å². The zero-order valence-electron chi connectivity index (χ0n) is 22.3. The number of amides is 2. The van der Waals surface area contributed by atoms with Crippen molar-refractivity contribution in [3.05, 3.63) is 45.8 Å². The highest BCUT2D eigenvalue weighted by molar-refractivity contribution is 6.01. The predicted octanol–water partition coefficient (Wildman–Crippen LogP) is 3.56. The first-order valence-corrected chi connectivity index (χ1v) is 14.0. The molecule has 1 N–H and O–H groups in total. The number of ketones is 1. The Morgan fingerprint density at radius 1 is 1.13 bits per heavy atom. The molecule has 1 aliphatic carbocycles. The van der Waals surface area contributed by atoms with Crippen molar-refractivity contribution >= 4 is 17.6 Å². The van der Waals surface area contributed by atoms with Crippen molar-refractivity contribution in [3.8, 4) is 0 Å². The molecular formula is C28H38N6O4. The number of hydrogen-bond acceptors (Lipinski definition) is 6. The van der Waals surface area contributed by atoms with E-state index < -0.39 is 23.7 Å². The van der Waals surface area contributed by atoms with E-state index in [2.05, 4.69) is 34.1 Å². The van der Waals surface area contributed by atoms with Gasteiger partial charge in [0.05, 0.1) is 12.1 Å². The van der Waals surface area contributed by atoms with Gasteiger partial charge >= 0.3 is 0 Å². The molecule has 1 aromatic carbocycles. The van der Waals surface area contributed by atoms with Crippen LogP contribution in [0.3, 0.4) is 0 Å². The smallest absolute Gasteiger partial charge is 0.252 e. The quantitative estimate of drug-likeness (QED) is 0.347. The molecule has 0 unspecified atom stereocenters. The van der Waals surface area contributed by atoms with Gasteiger partial charge in [0.1, 0.15) is 18.2 Å². The van der Waals surface area contributed by atoms with Crippen molar-refractivity contribution in [3.63, 3.8) is 0 Å². The van der Waals surface area contributed by atoms with Gasteiger partial charge < -0.3 is 19.9 Å². The van der Waals surface area contributed by atoms with Gasteiger partial charge in [-0.2, -0.15) is 0 Å². The fourth-order valence-electron chi connectivity index (χ4n) is 6.78. The van der Waals surface area contributed by atoms with Crippen molar-refractivity contribution in [1.29, 1.82) is 0 Å². The van der Waals surface area contributed by atoms with E-state index in [9.17, 15) is 14.4 Å². The number of piperidine rings is 1. The third kappa shape index (κ3) is 5.05. The molecule has 1 saturated carbocycles. The van der Waals surface area contributed by atoms with Gasteiger partial charge in [-0.1, -0.05) is 36.5 Å². The number of ether oxygens (including phenoxy) is 1. The minimum absolute atomic E-state index is 0.0984. The number of rotatable bonds is 6. The second-order valence-electron chi connectivity index (χ2n) is 11.5. The maximum Gasteiger partial charge on any atom is 0.252 e. The Morgan fingerprint density at radius 3 is 2.45 bits per heavy atom. The summed E-state index contributed by atoms with van der Waals surface area (Å²) in [7, 11) is 0. The first kappa shape index (κ1) is 26.7. The molecule has 5 rings (SSSR count). The summed E-state index contributed by atoms with van der Waals surface area (Å²) in [5, 5.41) is 6.88. The predicted molar refractivity (Wildman–Crippen MR) is 142 cm³/mol. The largest absolute Gasteiger partial charge is 0.367 e. The summed E-state index contributed by atoms with van der Waals surface area (Å²) in [4.78, 5) is 47.0. The van der Waals surface area contributed by atoms with Crippen LogP contribution in [0.2, 0.25) is 0 Å². The first-order valence-electron chi connectivity index (χ1n) is 14.0. The molecule has 1 aromatic rings. The zero-order valence-corrected chi connectivity index (χ0v) is 22.3. The zero-order chi connectivity index (χ0) is 26.9. The van der Waals surface area contributed by atoms with Crippen LogP contribution in [0.5, 0.6) is 0 Å². The molecule has 10 nitrogen and oxygen atoms in total. The van der Waals surface area contributed by atoms with Crippen LogP contribution in [0.4, 0.5) is 0 Å². The number of nitrogens with one attached hydrogen (secondary N) is 1. The summed E-state index contributed by atoms with van der Waals surface area (Å²) in [6.45, 7) is 6.66. The topological polar surface area (TPSA) is 128 Å². The summed E-state index contributed by atoms with van der Waals surface area (Å²) in [5.41, 5.74) is 9.66. The Labute approximate surface area is 223 Å². The Balaban J connectivity index is 1.31. The standard InChI is InChI=1S/C28H38N6O4/c1-18(2)33-14-10-20(11-15-33)19-6-8-21(9-7-19)26(36)30-28(12-4-3-5-13-28)27(37)34-16-22(31-32-29)25-24(34)23(35)17-38-25/h6-9,18,20,22,24-25H,3-5,10-17H2,1-2H3,(H,30,36)/t22-,24-,25-/m1/s1. The molecular weight excluding hydrogens is 484 g/mol. The van der Waals surface area contributed by atoms with E-state index in [4.69, 9.17) is 10.3 Å². The Bertz CT molecular complexity index is 1100.